The lowest BCUT2D eigenvalue weighted by atomic mass is 9.95. The Hall–Kier alpha value is -4.14. The average Bonchev–Trinajstić information content (AvgIpc) is 3.63. The van der Waals surface area contributed by atoms with Gasteiger partial charge in [0, 0.05) is 58.0 Å². The number of aromatic hydroxyl groups is 1. The molecule has 2 bridgehead atoms. The minimum Gasteiger partial charge on any atom is -0.508 e. The Morgan fingerprint density at radius 3 is 2.84 bits per heavy atom. The van der Waals surface area contributed by atoms with Crippen molar-refractivity contribution in [3.05, 3.63) is 47.7 Å². The van der Waals surface area contributed by atoms with Crippen molar-refractivity contribution in [1.82, 2.24) is 25.2 Å². The number of hydrogen-bond donors (Lipinski definition) is 2. The summed E-state index contributed by atoms with van der Waals surface area (Å²) in [4.78, 5) is 16.2. The molecule has 4 aliphatic rings. The summed E-state index contributed by atoms with van der Waals surface area (Å²) in [5.41, 5.74) is -2.62. The highest BCUT2D eigenvalue weighted by molar-refractivity contribution is 6.03. The van der Waals surface area contributed by atoms with Crippen LogP contribution in [0.25, 0.3) is 32.9 Å². The van der Waals surface area contributed by atoms with E-state index >= 15 is 8.78 Å². The van der Waals surface area contributed by atoms with Crippen LogP contribution in [0.1, 0.15) is 44.5 Å². The molecule has 2 N–H and O–H groups in total. The molecule has 0 saturated carbocycles. The fraction of sp³-hybridized carbons (Fsp3) is 0.424. The standard InChI is InChI=1S/C33H31F3N6O2/c1-2-23-26(35)7-4-18-10-22(43)11-24(27(18)23)29-28(36)30-25(13-37-29)31(41-15-20-5-6-21(16-41)38-20)40-32(39-30)44-17-33-8-3-9-42(33)14-19(34)12-33/h1,4,7,10-11,13,19-21,38,43H,3,5-6,8-9,12,14-17H2/t19-,20?,21?,33+/m1/s1/i9D2,17D2,19D. The number of phenolic OH excluding ortho intramolecular Hbond substituents is 1. The predicted octanol–water partition coefficient (Wildman–Crippen LogP) is 4.71. The number of ether oxygens (including phenoxy) is 1. The third kappa shape index (κ3) is 4.34. The van der Waals surface area contributed by atoms with E-state index in [1.807, 2.05) is 4.90 Å². The normalized spacial score (nSPS) is 31.2. The molecule has 2 unspecified atom stereocenters. The number of hydrogen-bond acceptors (Lipinski definition) is 8. The quantitative estimate of drug-likeness (QED) is 0.317. The fourth-order valence-electron chi connectivity index (χ4n) is 7.12. The molecular formula is C33H31F3N6O2. The number of alkyl halides is 1. The Morgan fingerprint density at radius 2 is 2.05 bits per heavy atom. The van der Waals surface area contributed by atoms with Crippen molar-refractivity contribution in [2.24, 2.45) is 0 Å². The summed E-state index contributed by atoms with van der Waals surface area (Å²) in [6.45, 7) is -4.55. The smallest absolute Gasteiger partial charge is 0.319 e. The lowest BCUT2D eigenvalue weighted by Crippen LogP contribution is -2.51. The summed E-state index contributed by atoms with van der Waals surface area (Å²) < 4.78 is 95.7. The first-order valence-corrected chi connectivity index (χ1v) is 14.6. The minimum atomic E-state index is -2.81. The van der Waals surface area contributed by atoms with Crippen molar-refractivity contribution >= 4 is 27.5 Å². The van der Waals surface area contributed by atoms with E-state index in [0.29, 0.717) is 18.5 Å². The van der Waals surface area contributed by atoms with Crippen molar-refractivity contribution in [2.75, 3.05) is 37.6 Å². The number of pyridine rings is 1. The number of aromatic nitrogens is 3. The highest BCUT2D eigenvalue weighted by Gasteiger charge is 2.49. The van der Waals surface area contributed by atoms with Gasteiger partial charge in [0.05, 0.1) is 20.6 Å². The summed E-state index contributed by atoms with van der Waals surface area (Å²) in [6.07, 6.45) is 5.31. The minimum absolute atomic E-state index is 0.00318. The number of piperazine rings is 1. The molecule has 8 rings (SSSR count). The first kappa shape index (κ1) is 22.4. The maximum absolute atomic E-state index is 16.9. The SMILES string of the molecule is [2H]C1([2H])CC[C@@]2(C([2H])([2H])Oc3nc(N4CC5CCC(C4)N5)c4cnc(-c5cc(O)cc6ccc(F)c(C#C)c56)c(F)c4n3)C[C@@]([2H])(F)CN12. The van der Waals surface area contributed by atoms with Gasteiger partial charge in [0.15, 0.2) is 5.82 Å². The van der Waals surface area contributed by atoms with Gasteiger partial charge in [0.2, 0.25) is 0 Å². The number of terminal acetylenes is 1. The molecule has 0 spiro atoms. The molecule has 6 heterocycles. The van der Waals surface area contributed by atoms with Gasteiger partial charge in [-0.05, 0) is 55.8 Å². The third-order valence-electron chi connectivity index (χ3n) is 9.11. The second kappa shape index (κ2) is 10.2. The van der Waals surface area contributed by atoms with Gasteiger partial charge in [-0.2, -0.15) is 9.97 Å². The molecule has 11 heteroatoms. The van der Waals surface area contributed by atoms with Gasteiger partial charge in [-0.1, -0.05) is 12.0 Å². The van der Waals surface area contributed by atoms with Crippen molar-refractivity contribution in [3.63, 3.8) is 0 Å². The maximum atomic E-state index is 16.9. The van der Waals surface area contributed by atoms with Crippen LogP contribution in [0.5, 0.6) is 11.8 Å². The number of anilines is 1. The number of phenols is 1. The van der Waals surface area contributed by atoms with Crippen molar-refractivity contribution in [3.8, 4) is 35.4 Å². The zero-order chi connectivity index (χ0) is 34.7. The maximum Gasteiger partial charge on any atom is 0.319 e. The van der Waals surface area contributed by atoms with Crippen LogP contribution in [0.2, 0.25) is 0 Å². The number of fused-ring (bicyclic) bond motifs is 5. The number of nitrogens with zero attached hydrogens (tertiary/aromatic N) is 5. The van der Waals surface area contributed by atoms with Gasteiger partial charge >= 0.3 is 6.01 Å². The molecule has 4 saturated heterocycles. The first-order chi connectivity index (χ1) is 23.1. The van der Waals surface area contributed by atoms with Crippen LogP contribution < -0.4 is 15.0 Å². The molecule has 44 heavy (non-hydrogen) atoms. The summed E-state index contributed by atoms with van der Waals surface area (Å²) in [7, 11) is 0. The molecule has 8 nitrogen and oxygen atoms in total. The third-order valence-corrected chi connectivity index (χ3v) is 9.11. The lowest BCUT2D eigenvalue weighted by molar-refractivity contribution is 0.107. The molecule has 4 aromatic rings. The average molecular weight is 606 g/mol. The van der Waals surface area contributed by atoms with E-state index in [1.54, 1.807) is 0 Å². The highest BCUT2D eigenvalue weighted by atomic mass is 19.1. The molecular weight excluding hydrogens is 569 g/mol. The Kier molecular flexibility index (Phi) is 5.19. The molecule has 0 aliphatic carbocycles. The number of benzene rings is 2. The molecule has 4 atom stereocenters. The van der Waals surface area contributed by atoms with Crippen LogP contribution in [-0.4, -0.2) is 81.4 Å². The van der Waals surface area contributed by atoms with Gasteiger partial charge in [-0.3, -0.25) is 9.88 Å². The van der Waals surface area contributed by atoms with E-state index < -0.39 is 55.4 Å². The van der Waals surface area contributed by atoms with Crippen LogP contribution in [0, 0.1) is 24.0 Å². The van der Waals surface area contributed by atoms with Crippen LogP contribution in [0.4, 0.5) is 19.0 Å². The molecule has 0 amide bonds. The summed E-state index contributed by atoms with van der Waals surface area (Å²) >= 11 is 0. The lowest BCUT2D eigenvalue weighted by Gasteiger charge is -2.34. The van der Waals surface area contributed by atoms with Crippen molar-refractivity contribution < 1.29 is 29.9 Å². The molecule has 2 aromatic carbocycles. The van der Waals surface area contributed by atoms with Crippen LogP contribution in [0.15, 0.2) is 30.5 Å². The van der Waals surface area contributed by atoms with Crippen molar-refractivity contribution in [1.29, 1.82) is 0 Å². The van der Waals surface area contributed by atoms with Crippen LogP contribution in [0.3, 0.4) is 0 Å². The summed E-state index contributed by atoms with van der Waals surface area (Å²) in [6, 6.07) is 4.83. The second-order valence-corrected chi connectivity index (χ2v) is 11.9. The second-order valence-electron chi connectivity index (χ2n) is 11.9. The van der Waals surface area contributed by atoms with E-state index in [4.69, 9.17) is 18.0 Å². The molecule has 0 radical (unpaired) electrons. The zero-order valence-electron chi connectivity index (χ0n) is 28.5. The first-order valence-electron chi connectivity index (χ1n) is 17.1. The number of nitrogens with one attached hydrogen (secondary N) is 1. The topological polar surface area (TPSA) is 86.6 Å². The van der Waals surface area contributed by atoms with Crippen molar-refractivity contribution in [2.45, 2.75) is 55.9 Å². The summed E-state index contributed by atoms with van der Waals surface area (Å²) in [5.74, 6) is 0.575. The number of rotatable bonds is 5. The van der Waals surface area contributed by atoms with Crippen LogP contribution in [-0.2, 0) is 0 Å². The Morgan fingerprint density at radius 1 is 1.23 bits per heavy atom. The van der Waals surface area contributed by atoms with E-state index in [9.17, 15) is 9.50 Å². The molecule has 4 aliphatic heterocycles. The Labute approximate surface area is 259 Å². The summed E-state index contributed by atoms with van der Waals surface area (Å²) in [5, 5.41) is 14.7. The highest BCUT2D eigenvalue weighted by Crippen LogP contribution is 2.42. The van der Waals surface area contributed by atoms with E-state index in [2.05, 4.69) is 26.2 Å². The fourth-order valence-corrected chi connectivity index (χ4v) is 7.12. The molecule has 2 aromatic heterocycles. The number of halogens is 3. The van der Waals surface area contributed by atoms with Gasteiger partial charge in [0.1, 0.15) is 41.3 Å². The van der Waals surface area contributed by atoms with E-state index in [0.717, 1.165) is 23.8 Å². The van der Waals surface area contributed by atoms with Gasteiger partial charge in [-0.15, -0.1) is 6.42 Å². The monoisotopic (exact) mass is 605 g/mol. The van der Waals surface area contributed by atoms with Gasteiger partial charge < -0.3 is 20.1 Å². The van der Waals surface area contributed by atoms with E-state index in [-0.39, 0.29) is 69.6 Å². The Bertz CT molecular complexity index is 2090. The predicted molar refractivity (Wildman–Crippen MR) is 160 cm³/mol. The Balaban J connectivity index is 1.31. The van der Waals surface area contributed by atoms with Crippen LogP contribution >= 0.6 is 0 Å². The van der Waals surface area contributed by atoms with Gasteiger partial charge in [0.25, 0.3) is 0 Å². The zero-order valence-corrected chi connectivity index (χ0v) is 23.5. The van der Waals surface area contributed by atoms with E-state index in [1.165, 1.54) is 24.4 Å². The largest absolute Gasteiger partial charge is 0.508 e. The molecule has 226 valence electrons. The molecule has 4 fully saturated rings. The van der Waals surface area contributed by atoms with Gasteiger partial charge in [-0.25, -0.2) is 13.2 Å².